The second-order valence-corrected chi connectivity index (χ2v) is 6.64. The standard InChI is InChI=1S/C19H25N3O4/c1-3-26-19(25)15-12-18(24)22(13-15)17-7-5-4-6-16(17)21-10-8-20(9-11-21)14(2)23/h4-7,15H,3,8-13H2,1-2H3/t15-/m0/s1. The fourth-order valence-corrected chi connectivity index (χ4v) is 3.58. The van der Waals surface area contributed by atoms with Crippen LogP contribution in [-0.4, -0.2) is 62.0 Å². The summed E-state index contributed by atoms with van der Waals surface area (Å²) in [7, 11) is 0. The Labute approximate surface area is 153 Å². The van der Waals surface area contributed by atoms with Crippen LogP contribution in [-0.2, 0) is 19.1 Å². The summed E-state index contributed by atoms with van der Waals surface area (Å²) in [5.41, 5.74) is 1.79. The predicted octanol–water partition coefficient (Wildman–Crippen LogP) is 1.27. The van der Waals surface area contributed by atoms with Gasteiger partial charge < -0.3 is 19.4 Å². The van der Waals surface area contributed by atoms with Crippen LogP contribution in [0.1, 0.15) is 20.3 Å². The van der Waals surface area contributed by atoms with Crippen LogP contribution in [0.3, 0.4) is 0 Å². The minimum atomic E-state index is -0.412. The van der Waals surface area contributed by atoms with Crippen molar-refractivity contribution in [3.63, 3.8) is 0 Å². The van der Waals surface area contributed by atoms with Gasteiger partial charge in [-0.3, -0.25) is 14.4 Å². The second-order valence-electron chi connectivity index (χ2n) is 6.64. The molecule has 0 aliphatic carbocycles. The molecule has 2 amide bonds. The molecule has 1 aromatic rings. The lowest BCUT2D eigenvalue weighted by Gasteiger charge is -2.37. The maximum absolute atomic E-state index is 12.5. The molecule has 0 saturated carbocycles. The van der Waals surface area contributed by atoms with Gasteiger partial charge in [-0.25, -0.2) is 0 Å². The average Bonchev–Trinajstić information content (AvgIpc) is 3.04. The summed E-state index contributed by atoms with van der Waals surface area (Å²) in [6.07, 6.45) is 0.186. The SMILES string of the molecule is CCOC(=O)[C@H]1CC(=O)N(c2ccccc2N2CCN(C(C)=O)CC2)C1. The fourth-order valence-electron chi connectivity index (χ4n) is 3.58. The van der Waals surface area contributed by atoms with Crippen molar-refractivity contribution in [2.45, 2.75) is 20.3 Å². The van der Waals surface area contributed by atoms with Gasteiger partial charge in [-0.05, 0) is 19.1 Å². The number of carbonyl (C=O) groups is 3. The van der Waals surface area contributed by atoms with E-state index in [9.17, 15) is 14.4 Å². The molecule has 2 aliphatic heterocycles. The highest BCUT2D eigenvalue weighted by Gasteiger charge is 2.37. The molecular weight excluding hydrogens is 334 g/mol. The summed E-state index contributed by atoms with van der Waals surface area (Å²) in [5.74, 6) is -0.691. The minimum absolute atomic E-state index is 0.0575. The number of hydrogen-bond acceptors (Lipinski definition) is 5. The Balaban J connectivity index is 1.77. The quantitative estimate of drug-likeness (QED) is 0.757. The van der Waals surface area contributed by atoms with Crippen LogP contribution in [0.5, 0.6) is 0 Å². The van der Waals surface area contributed by atoms with Gasteiger partial charge >= 0.3 is 5.97 Å². The lowest BCUT2D eigenvalue weighted by atomic mass is 10.1. The van der Waals surface area contributed by atoms with Crippen molar-refractivity contribution in [1.29, 1.82) is 0 Å². The van der Waals surface area contributed by atoms with Crippen molar-refractivity contribution in [3.8, 4) is 0 Å². The van der Waals surface area contributed by atoms with E-state index in [0.29, 0.717) is 26.2 Å². The number of esters is 1. The van der Waals surface area contributed by atoms with Gasteiger partial charge in [0.1, 0.15) is 0 Å². The zero-order valence-electron chi connectivity index (χ0n) is 15.3. The minimum Gasteiger partial charge on any atom is -0.466 e. The van der Waals surface area contributed by atoms with E-state index in [4.69, 9.17) is 4.74 Å². The molecule has 7 nitrogen and oxygen atoms in total. The molecule has 2 fully saturated rings. The van der Waals surface area contributed by atoms with Crippen molar-refractivity contribution in [2.75, 3.05) is 49.1 Å². The molecule has 2 heterocycles. The van der Waals surface area contributed by atoms with E-state index >= 15 is 0 Å². The van der Waals surface area contributed by atoms with Crippen LogP contribution in [0.25, 0.3) is 0 Å². The van der Waals surface area contributed by atoms with Crippen molar-refractivity contribution < 1.29 is 19.1 Å². The third-order valence-corrected chi connectivity index (χ3v) is 4.98. The third-order valence-electron chi connectivity index (χ3n) is 4.98. The van der Waals surface area contributed by atoms with Gasteiger partial charge in [0.05, 0.1) is 23.9 Å². The molecule has 7 heteroatoms. The highest BCUT2D eigenvalue weighted by molar-refractivity contribution is 6.01. The first-order chi connectivity index (χ1) is 12.5. The monoisotopic (exact) mass is 359 g/mol. The normalized spacial score (nSPS) is 20.5. The molecule has 1 aromatic carbocycles. The van der Waals surface area contributed by atoms with Crippen LogP contribution in [0.2, 0.25) is 0 Å². The van der Waals surface area contributed by atoms with Gasteiger partial charge in [0.15, 0.2) is 0 Å². The Morgan fingerprint density at radius 2 is 1.77 bits per heavy atom. The maximum atomic E-state index is 12.5. The Bertz CT molecular complexity index is 698. The lowest BCUT2D eigenvalue weighted by Crippen LogP contribution is -2.48. The number of benzene rings is 1. The average molecular weight is 359 g/mol. The number of para-hydroxylation sites is 2. The number of nitrogens with zero attached hydrogens (tertiary/aromatic N) is 3. The molecule has 0 N–H and O–H groups in total. The van der Waals surface area contributed by atoms with E-state index in [1.807, 2.05) is 29.2 Å². The van der Waals surface area contributed by atoms with Crippen molar-refractivity contribution >= 4 is 29.2 Å². The Morgan fingerprint density at radius 1 is 1.12 bits per heavy atom. The zero-order chi connectivity index (χ0) is 18.7. The summed E-state index contributed by atoms with van der Waals surface area (Å²) in [6.45, 7) is 6.80. The highest BCUT2D eigenvalue weighted by Crippen LogP contribution is 2.34. The predicted molar refractivity (Wildman–Crippen MR) is 98.0 cm³/mol. The summed E-state index contributed by atoms with van der Waals surface area (Å²) < 4.78 is 5.07. The molecule has 0 spiro atoms. The molecule has 0 radical (unpaired) electrons. The summed E-state index contributed by atoms with van der Waals surface area (Å²) >= 11 is 0. The lowest BCUT2D eigenvalue weighted by molar-refractivity contribution is -0.147. The topological polar surface area (TPSA) is 70.2 Å². The van der Waals surface area contributed by atoms with E-state index < -0.39 is 5.92 Å². The Morgan fingerprint density at radius 3 is 2.38 bits per heavy atom. The molecule has 2 saturated heterocycles. The molecular formula is C19H25N3O4. The smallest absolute Gasteiger partial charge is 0.311 e. The molecule has 140 valence electrons. The van der Waals surface area contributed by atoms with E-state index in [-0.39, 0.29) is 24.2 Å². The largest absolute Gasteiger partial charge is 0.466 e. The number of rotatable bonds is 4. The first-order valence-corrected chi connectivity index (χ1v) is 9.07. The number of amides is 2. The second kappa shape index (κ2) is 7.76. The van der Waals surface area contributed by atoms with Crippen molar-refractivity contribution in [2.24, 2.45) is 5.92 Å². The first-order valence-electron chi connectivity index (χ1n) is 9.07. The van der Waals surface area contributed by atoms with Crippen LogP contribution in [0.15, 0.2) is 24.3 Å². The van der Waals surface area contributed by atoms with Gasteiger partial charge in [0, 0.05) is 46.1 Å². The van der Waals surface area contributed by atoms with Gasteiger partial charge in [0.2, 0.25) is 11.8 Å². The Hall–Kier alpha value is -2.57. The molecule has 1 atom stereocenters. The highest BCUT2D eigenvalue weighted by atomic mass is 16.5. The molecule has 26 heavy (non-hydrogen) atoms. The number of piperazine rings is 1. The van der Waals surface area contributed by atoms with E-state index in [1.54, 1.807) is 18.7 Å². The fraction of sp³-hybridized carbons (Fsp3) is 0.526. The molecule has 2 aliphatic rings. The van der Waals surface area contributed by atoms with Crippen molar-refractivity contribution in [3.05, 3.63) is 24.3 Å². The van der Waals surface area contributed by atoms with Gasteiger partial charge in [-0.2, -0.15) is 0 Å². The maximum Gasteiger partial charge on any atom is 0.311 e. The van der Waals surface area contributed by atoms with E-state index in [0.717, 1.165) is 24.5 Å². The summed E-state index contributed by atoms with van der Waals surface area (Å²) in [6, 6.07) is 7.75. The molecule has 0 unspecified atom stereocenters. The van der Waals surface area contributed by atoms with E-state index in [1.165, 1.54) is 0 Å². The molecule has 0 aromatic heterocycles. The first kappa shape index (κ1) is 18.2. The van der Waals surface area contributed by atoms with Crippen LogP contribution in [0, 0.1) is 5.92 Å². The number of anilines is 2. The molecule has 3 rings (SSSR count). The summed E-state index contributed by atoms with van der Waals surface area (Å²) in [4.78, 5) is 41.8. The number of hydrogen-bond donors (Lipinski definition) is 0. The third kappa shape index (κ3) is 3.66. The van der Waals surface area contributed by atoms with Gasteiger partial charge in [-0.15, -0.1) is 0 Å². The number of ether oxygens (including phenoxy) is 1. The van der Waals surface area contributed by atoms with Crippen LogP contribution < -0.4 is 9.80 Å². The number of carbonyl (C=O) groups excluding carboxylic acids is 3. The molecule has 0 bridgehead atoms. The zero-order valence-corrected chi connectivity index (χ0v) is 15.3. The summed E-state index contributed by atoms with van der Waals surface area (Å²) in [5, 5.41) is 0. The van der Waals surface area contributed by atoms with E-state index in [2.05, 4.69) is 4.90 Å². The Kier molecular flexibility index (Phi) is 5.44. The van der Waals surface area contributed by atoms with Gasteiger partial charge in [-0.1, -0.05) is 12.1 Å². The van der Waals surface area contributed by atoms with Crippen LogP contribution >= 0.6 is 0 Å². The van der Waals surface area contributed by atoms with Crippen LogP contribution in [0.4, 0.5) is 11.4 Å². The van der Waals surface area contributed by atoms with Crippen molar-refractivity contribution in [1.82, 2.24) is 4.90 Å². The van der Waals surface area contributed by atoms with Gasteiger partial charge in [0.25, 0.3) is 0 Å².